The van der Waals surface area contributed by atoms with Gasteiger partial charge in [-0.15, -0.1) is 0 Å². The number of fused-ring (bicyclic) bond motifs is 1. The lowest BCUT2D eigenvalue weighted by atomic mass is 9.97. The van der Waals surface area contributed by atoms with E-state index in [-0.39, 0.29) is 6.61 Å². The van der Waals surface area contributed by atoms with E-state index in [0.717, 1.165) is 10.0 Å². The Kier molecular flexibility index (Phi) is 2.89. The number of benzene rings is 1. The number of halogens is 2. The minimum atomic E-state index is -0.831. The molecule has 0 saturated heterocycles. The van der Waals surface area contributed by atoms with Gasteiger partial charge in [-0.2, -0.15) is 0 Å². The fourth-order valence-electron chi connectivity index (χ4n) is 1.56. The van der Waals surface area contributed by atoms with Crippen LogP contribution >= 0.6 is 27.5 Å². The molecular formula is C10H8BrClO3. The lowest BCUT2D eigenvalue weighted by Crippen LogP contribution is -2.28. The predicted molar refractivity (Wildman–Crippen MR) is 59.5 cm³/mol. The number of aliphatic carboxylic acids is 1. The molecule has 5 heteroatoms. The topological polar surface area (TPSA) is 46.5 Å². The molecule has 0 radical (unpaired) electrons. The Bertz CT molecular complexity index is 419. The molecule has 1 aromatic rings. The summed E-state index contributed by atoms with van der Waals surface area (Å²) in [5.41, 5.74) is 0.873. The number of rotatable bonds is 1. The zero-order valence-corrected chi connectivity index (χ0v) is 10.0. The summed E-state index contributed by atoms with van der Waals surface area (Å²) in [5.74, 6) is -0.635. The van der Waals surface area contributed by atoms with Crippen molar-refractivity contribution < 1.29 is 14.6 Å². The molecule has 0 aliphatic carbocycles. The van der Waals surface area contributed by atoms with Crippen LogP contribution in [-0.4, -0.2) is 17.7 Å². The van der Waals surface area contributed by atoms with Gasteiger partial charge in [0.15, 0.2) is 0 Å². The van der Waals surface area contributed by atoms with Crippen LogP contribution in [0.2, 0.25) is 5.02 Å². The van der Waals surface area contributed by atoms with Crippen LogP contribution in [0.25, 0.3) is 0 Å². The highest BCUT2D eigenvalue weighted by Gasteiger charge is 2.27. The second-order valence-electron chi connectivity index (χ2n) is 3.41. The van der Waals surface area contributed by atoms with E-state index in [0.29, 0.717) is 17.2 Å². The van der Waals surface area contributed by atoms with Crippen LogP contribution in [0.15, 0.2) is 16.6 Å². The van der Waals surface area contributed by atoms with E-state index in [4.69, 9.17) is 21.4 Å². The van der Waals surface area contributed by atoms with Crippen molar-refractivity contribution in [2.75, 3.05) is 6.61 Å². The number of carboxylic acids is 1. The van der Waals surface area contributed by atoms with Gasteiger partial charge in [0.1, 0.15) is 12.4 Å². The van der Waals surface area contributed by atoms with Crippen LogP contribution in [0.3, 0.4) is 0 Å². The number of hydrogen-bond acceptors (Lipinski definition) is 2. The summed E-state index contributed by atoms with van der Waals surface area (Å²) in [6.45, 7) is 0.203. The van der Waals surface area contributed by atoms with Gasteiger partial charge >= 0.3 is 5.97 Å². The Morgan fingerprint density at radius 3 is 3.00 bits per heavy atom. The molecular weight excluding hydrogens is 283 g/mol. The largest absolute Gasteiger partial charge is 0.492 e. The molecule has 1 heterocycles. The van der Waals surface area contributed by atoms with Crippen LogP contribution in [0.1, 0.15) is 5.56 Å². The van der Waals surface area contributed by atoms with E-state index < -0.39 is 11.9 Å². The summed E-state index contributed by atoms with van der Waals surface area (Å²) in [6, 6.07) is 3.45. The van der Waals surface area contributed by atoms with Crippen molar-refractivity contribution in [3.63, 3.8) is 0 Å². The molecule has 2 rings (SSSR count). The monoisotopic (exact) mass is 290 g/mol. The Morgan fingerprint density at radius 1 is 1.60 bits per heavy atom. The Balaban J connectivity index is 2.37. The van der Waals surface area contributed by atoms with E-state index in [2.05, 4.69) is 15.9 Å². The minimum Gasteiger partial charge on any atom is -0.492 e. The molecule has 0 saturated carbocycles. The van der Waals surface area contributed by atoms with Crippen LogP contribution in [0, 0.1) is 5.92 Å². The van der Waals surface area contributed by atoms with Gasteiger partial charge in [-0.25, -0.2) is 0 Å². The molecule has 0 bridgehead atoms. The molecule has 80 valence electrons. The van der Waals surface area contributed by atoms with Crippen LogP contribution in [-0.2, 0) is 11.2 Å². The molecule has 0 unspecified atom stereocenters. The van der Waals surface area contributed by atoms with E-state index in [1.165, 1.54) is 0 Å². The van der Waals surface area contributed by atoms with Crippen molar-refractivity contribution in [2.45, 2.75) is 6.42 Å². The second kappa shape index (κ2) is 4.02. The predicted octanol–water partition coefficient (Wildman–Crippen LogP) is 2.74. The first-order valence-electron chi connectivity index (χ1n) is 4.41. The molecule has 1 N–H and O–H groups in total. The second-order valence-corrected chi connectivity index (χ2v) is 4.71. The first kappa shape index (κ1) is 10.8. The number of carboxylic acid groups (broad SMARTS) is 1. The SMILES string of the molecule is O=C(O)[C@@H]1COc2cc(Cl)cc(Br)c2C1. The summed E-state index contributed by atoms with van der Waals surface area (Å²) < 4.78 is 6.17. The van der Waals surface area contributed by atoms with Crippen molar-refractivity contribution in [2.24, 2.45) is 5.92 Å². The van der Waals surface area contributed by atoms with Crippen molar-refractivity contribution in [3.8, 4) is 5.75 Å². The maximum atomic E-state index is 10.8. The Labute approximate surface area is 100 Å². The van der Waals surface area contributed by atoms with E-state index in [1.807, 2.05) is 0 Å². The third-order valence-corrected chi connectivity index (χ3v) is 3.28. The van der Waals surface area contributed by atoms with E-state index in [1.54, 1.807) is 12.1 Å². The molecule has 1 aromatic carbocycles. The summed E-state index contributed by atoms with van der Waals surface area (Å²) >= 11 is 9.21. The molecule has 0 spiro atoms. The summed E-state index contributed by atoms with van der Waals surface area (Å²) in [6.07, 6.45) is 0.475. The highest BCUT2D eigenvalue weighted by molar-refractivity contribution is 9.10. The van der Waals surface area contributed by atoms with Gasteiger partial charge in [-0.1, -0.05) is 27.5 Å². The molecule has 0 fully saturated rings. The highest BCUT2D eigenvalue weighted by Crippen LogP contribution is 2.36. The van der Waals surface area contributed by atoms with Gasteiger partial charge in [0, 0.05) is 15.1 Å². The van der Waals surface area contributed by atoms with Crippen LogP contribution < -0.4 is 4.74 Å². The Hall–Kier alpha value is -0.740. The molecule has 0 aromatic heterocycles. The van der Waals surface area contributed by atoms with Gasteiger partial charge in [0.25, 0.3) is 0 Å². The van der Waals surface area contributed by atoms with Crippen molar-refractivity contribution in [3.05, 3.63) is 27.2 Å². The molecule has 1 atom stereocenters. The zero-order chi connectivity index (χ0) is 11.0. The fraction of sp³-hybridized carbons (Fsp3) is 0.300. The third-order valence-electron chi connectivity index (χ3n) is 2.36. The van der Waals surface area contributed by atoms with Gasteiger partial charge < -0.3 is 9.84 Å². The summed E-state index contributed by atoms with van der Waals surface area (Å²) in [4.78, 5) is 10.8. The quantitative estimate of drug-likeness (QED) is 0.865. The summed E-state index contributed by atoms with van der Waals surface area (Å²) in [5, 5.41) is 9.47. The van der Waals surface area contributed by atoms with Crippen molar-refractivity contribution in [1.82, 2.24) is 0 Å². The van der Waals surface area contributed by atoms with Crippen LogP contribution in [0.4, 0.5) is 0 Å². The molecule has 15 heavy (non-hydrogen) atoms. The summed E-state index contributed by atoms with van der Waals surface area (Å²) in [7, 11) is 0. The van der Waals surface area contributed by atoms with Gasteiger partial charge in [0.05, 0.1) is 5.92 Å². The normalized spacial score (nSPS) is 19.2. The number of hydrogen-bond donors (Lipinski definition) is 1. The average molecular weight is 292 g/mol. The standard InChI is InChI=1S/C10H8BrClO3/c11-8-2-6(12)3-9-7(8)1-5(4-15-9)10(13)14/h2-3,5H,1,4H2,(H,13,14)/t5-/m0/s1. The minimum absolute atomic E-state index is 0.203. The van der Waals surface area contributed by atoms with Crippen LogP contribution in [0.5, 0.6) is 5.75 Å². The fourth-order valence-corrected chi connectivity index (χ4v) is 2.50. The number of ether oxygens (including phenoxy) is 1. The Morgan fingerprint density at radius 2 is 2.33 bits per heavy atom. The highest BCUT2D eigenvalue weighted by atomic mass is 79.9. The van der Waals surface area contributed by atoms with Crippen molar-refractivity contribution >= 4 is 33.5 Å². The van der Waals surface area contributed by atoms with Gasteiger partial charge in [0.2, 0.25) is 0 Å². The van der Waals surface area contributed by atoms with Crippen molar-refractivity contribution in [1.29, 1.82) is 0 Å². The average Bonchev–Trinajstić information content (AvgIpc) is 2.16. The van der Waals surface area contributed by atoms with Gasteiger partial charge in [-0.05, 0) is 18.6 Å². The lowest BCUT2D eigenvalue weighted by Gasteiger charge is -2.23. The first-order chi connectivity index (χ1) is 7.08. The zero-order valence-electron chi connectivity index (χ0n) is 7.67. The molecule has 3 nitrogen and oxygen atoms in total. The lowest BCUT2D eigenvalue weighted by molar-refractivity contribution is -0.143. The molecule has 1 aliphatic heterocycles. The van der Waals surface area contributed by atoms with Gasteiger partial charge in [-0.3, -0.25) is 4.79 Å². The third kappa shape index (κ3) is 2.11. The first-order valence-corrected chi connectivity index (χ1v) is 5.58. The smallest absolute Gasteiger partial charge is 0.310 e. The maximum Gasteiger partial charge on any atom is 0.310 e. The number of carbonyl (C=O) groups is 1. The van der Waals surface area contributed by atoms with E-state index >= 15 is 0 Å². The molecule has 1 aliphatic rings. The maximum absolute atomic E-state index is 10.8. The molecule has 0 amide bonds. The van der Waals surface area contributed by atoms with E-state index in [9.17, 15) is 4.79 Å².